The van der Waals surface area contributed by atoms with Gasteiger partial charge in [0.1, 0.15) is 5.75 Å². The van der Waals surface area contributed by atoms with Crippen LogP contribution in [0.25, 0.3) is 0 Å². The van der Waals surface area contributed by atoms with Crippen LogP contribution in [0, 0.1) is 0 Å². The molecule has 0 aliphatic rings. The summed E-state index contributed by atoms with van der Waals surface area (Å²) in [5.74, 6) is -2.19. The van der Waals surface area contributed by atoms with Crippen molar-refractivity contribution in [3.8, 4) is 5.75 Å². The number of phenolic OH excluding ortho intramolecular Hbond substituents is 1. The molecule has 106 valence electrons. The van der Waals surface area contributed by atoms with Crippen molar-refractivity contribution in [1.29, 1.82) is 0 Å². The SMILES string of the molecule is CC(C)(CC(=O)O)c1cc(Cl)c(O)c(C(F)(F)F)c1. The highest BCUT2D eigenvalue weighted by Gasteiger charge is 2.37. The second-order valence-electron chi connectivity index (χ2n) is 4.81. The maximum absolute atomic E-state index is 12.7. The number of hydrogen-bond acceptors (Lipinski definition) is 2. The van der Waals surface area contributed by atoms with Gasteiger partial charge in [-0.3, -0.25) is 4.79 Å². The fourth-order valence-corrected chi connectivity index (χ4v) is 1.91. The molecule has 0 heterocycles. The predicted octanol–water partition coefficient (Wildman–Crippen LogP) is 3.82. The molecule has 0 aliphatic heterocycles. The standard InChI is InChI=1S/C12H12ClF3O3/c1-11(2,5-9(17)18)6-3-7(12(14,15)16)10(19)8(13)4-6/h3-4,19H,5H2,1-2H3,(H,17,18). The Morgan fingerprint density at radius 1 is 1.32 bits per heavy atom. The zero-order chi connectivity index (χ0) is 15.0. The van der Waals surface area contributed by atoms with E-state index in [1.165, 1.54) is 13.8 Å². The summed E-state index contributed by atoms with van der Waals surface area (Å²) in [6.07, 6.45) is -5.12. The molecule has 0 radical (unpaired) electrons. The molecule has 0 bridgehead atoms. The van der Waals surface area contributed by atoms with E-state index in [1.807, 2.05) is 0 Å². The van der Waals surface area contributed by atoms with Gasteiger partial charge in [-0.15, -0.1) is 0 Å². The number of aliphatic carboxylic acids is 1. The fraction of sp³-hybridized carbons (Fsp3) is 0.417. The number of carbonyl (C=O) groups is 1. The van der Waals surface area contributed by atoms with E-state index >= 15 is 0 Å². The van der Waals surface area contributed by atoms with Gasteiger partial charge in [-0.1, -0.05) is 25.4 Å². The minimum atomic E-state index is -4.76. The van der Waals surface area contributed by atoms with Crippen molar-refractivity contribution < 1.29 is 28.2 Å². The number of carboxylic acid groups (broad SMARTS) is 1. The third-order valence-electron chi connectivity index (χ3n) is 2.74. The zero-order valence-corrected chi connectivity index (χ0v) is 10.9. The van der Waals surface area contributed by atoms with Crippen LogP contribution < -0.4 is 0 Å². The van der Waals surface area contributed by atoms with Crippen LogP contribution in [0.5, 0.6) is 5.75 Å². The molecule has 1 aromatic carbocycles. The molecule has 0 fully saturated rings. The summed E-state index contributed by atoms with van der Waals surface area (Å²) in [4.78, 5) is 10.7. The molecule has 0 aliphatic carbocycles. The van der Waals surface area contributed by atoms with E-state index in [0.29, 0.717) is 0 Å². The average molecular weight is 297 g/mol. The van der Waals surface area contributed by atoms with Crippen molar-refractivity contribution in [3.63, 3.8) is 0 Å². The first kappa shape index (κ1) is 15.6. The zero-order valence-electron chi connectivity index (χ0n) is 10.2. The third kappa shape index (κ3) is 3.53. The van der Waals surface area contributed by atoms with E-state index in [4.69, 9.17) is 16.7 Å². The van der Waals surface area contributed by atoms with Gasteiger partial charge in [0.2, 0.25) is 0 Å². The lowest BCUT2D eigenvalue weighted by atomic mass is 9.81. The molecule has 1 rings (SSSR count). The monoisotopic (exact) mass is 296 g/mol. The second kappa shape index (κ2) is 4.92. The van der Waals surface area contributed by atoms with Crippen molar-refractivity contribution in [3.05, 3.63) is 28.3 Å². The van der Waals surface area contributed by atoms with Gasteiger partial charge in [-0.05, 0) is 17.7 Å². The number of alkyl halides is 3. The molecular formula is C12H12ClF3O3. The van der Waals surface area contributed by atoms with Gasteiger partial charge in [0.15, 0.2) is 0 Å². The Balaban J connectivity index is 3.39. The molecule has 0 amide bonds. The van der Waals surface area contributed by atoms with Gasteiger partial charge < -0.3 is 10.2 Å². The van der Waals surface area contributed by atoms with Crippen LogP contribution in [-0.2, 0) is 16.4 Å². The normalized spacial score (nSPS) is 12.5. The summed E-state index contributed by atoms with van der Waals surface area (Å²) in [6, 6.07) is 1.87. The Bertz CT molecular complexity index is 510. The third-order valence-corrected chi connectivity index (χ3v) is 3.03. The van der Waals surface area contributed by atoms with Crippen molar-refractivity contribution >= 4 is 17.6 Å². The molecule has 0 saturated carbocycles. The van der Waals surface area contributed by atoms with Gasteiger partial charge in [0.25, 0.3) is 0 Å². The highest BCUT2D eigenvalue weighted by Crippen LogP contribution is 2.43. The molecule has 0 spiro atoms. The van der Waals surface area contributed by atoms with Crippen molar-refractivity contribution in [2.75, 3.05) is 0 Å². The Hall–Kier alpha value is -1.43. The highest BCUT2D eigenvalue weighted by molar-refractivity contribution is 6.32. The number of carboxylic acids is 1. The Labute approximate surface area is 112 Å². The van der Waals surface area contributed by atoms with Crippen LogP contribution >= 0.6 is 11.6 Å². The van der Waals surface area contributed by atoms with Gasteiger partial charge in [0.05, 0.1) is 17.0 Å². The average Bonchev–Trinajstić information content (AvgIpc) is 2.17. The molecule has 0 saturated heterocycles. The molecule has 3 nitrogen and oxygen atoms in total. The maximum Gasteiger partial charge on any atom is 0.420 e. The Kier molecular flexibility index (Phi) is 4.05. The smallest absolute Gasteiger partial charge is 0.420 e. The van der Waals surface area contributed by atoms with Crippen molar-refractivity contribution in [2.45, 2.75) is 31.9 Å². The minimum Gasteiger partial charge on any atom is -0.506 e. The Morgan fingerprint density at radius 3 is 2.26 bits per heavy atom. The van der Waals surface area contributed by atoms with E-state index in [1.54, 1.807) is 0 Å². The topological polar surface area (TPSA) is 57.5 Å². The molecule has 0 aromatic heterocycles. The number of hydrogen-bond donors (Lipinski definition) is 2. The highest BCUT2D eigenvalue weighted by atomic mass is 35.5. The lowest BCUT2D eigenvalue weighted by molar-refractivity contribution is -0.139. The van der Waals surface area contributed by atoms with Crippen LogP contribution in [-0.4, -0.2) is 16.2 Å². The number of benzene rings is 1. The molecule has 1 aromatic rings. The quantitative estimate of drug-likeness (QED) is 0.891. The lowest BCUT2D eigenvalue weighted by Gasteiger charge is -2.25. The maximum atomic E-state index is 12.7. The van der Waals surface area contributed by atoms with Crippen LogP contribution in [0.15, 0.2) is 12.1 Å². The van der Waals surface area contributed by atoms with Crippen LogP contribution in [0.3, 0.4) is 0 Å². The lowest BCUT2D eigenvalue weighted by Crippen LogP contribution is -2.22. The van der Waals surface area contributed by atoms with E-state index in [-0.39, 0.29) is 12.0 Å². The van der Waals surface area contributed by atoms with Crippen molar-refractivity contribution in [2.24, 2.45) is 0 Å². The summed E-state index contributed by atoms with van der Waals surface area (Å²) in [6.45, 7) is 2.98. The molecular weight excluding hydrogens is 285 g/mol. The predicted molar refractivity (Wildman–Crippen MR) is 63.4 cm³/mol. The first-order valence-corrected chi connectivity index (χ1v) is 5.65. The van der Waals surface area contributed by atoms with Crippen LogP contribution in [0.2, 0.25) is 5.02 Å². The molecule has 0 atom stereocenters. The first-order valence-electron chi connectivity index (χ1n) is 5.27. The minimum absolute atomic E-state index is 0.102. The molecule has 0 unspecified atom stereocenters. The number of rotatable bonds is 3. The first-order chi connectivity index (χ1) is 8.45. The van der Waals surface area contributed by atoms with Crippen LogP contribution in [0.4, 0.5) is 13.2 Å². The largest absolute Gasteiger partial charge is 0.506 e. The summed E-state index contributed by atoms with van der Waals surface area (Å²) >= 11 is 5.57. The van der Waals surface area contributed by atoms with Gasteiger partial charge >= 0.3 is 12.1 Å². The fourth-order valence-electron chi connectivity index (χ4n) is 1.69. The number of halogens is 4. The second-order valence-corrected chi connectivity index (χ2v) is 5.21. The summed E-state index contributed by atoms with van der Waals surface area (Å²) < 4.78 is 38.2. The van der Waals surface area contributed by atoms with E-state index in [2.05, 4.69) is 0 Å². The molecule has 19 heavy (non-hydrogen) atoms. The summed E-state index contributed by atoms with van der Waals surface area (Å²) in [5.41, 5.74) is -2.21. The van der Waals surface area contributed by atoms with E-state index < -0.39 is 33.9 Å². The number of aromatic hydroxyl groups is 1. The van der Waals surface area contributed by atoms with Gasteiger partial charge in [0, 0.05) is 5.41 Å². The summed E-state index contributed by atoms with van der Waals surface area (Å²) in [5, 5.41) is 17.6. The van der Waals surface area contributed by atoms with E-state index in [0.717, 1.165) is 12.1 Å². The van der Waals surface area contributed by atoms with Gasteiger partial charge in [-0.25, -0.2) is 0 Å². The van der Waals surface area contributed by atoms with Crippen LogP contribution in [0.1, 0.15) is 31.4 Å². The summed E-state index contributed by atoms with van der Waals surface area (Å²) in [7, 11) is 0. The number of phenols is 1. The van der Waals surface area contributed by atoms with Crippen molar-refractivity contribution in [1.82, 2.24) is 0 Å². The van der Waals surface area contributed by atoms with E-state index in [9.17, 15) is 23.1 Å². The molecule has 2 N–H and O–H groups in total. The Morgan fingerprint density at radius 2 is 1.84 bits per heavy atom. The molecule has 7 heteroatoms. The van der Waals surface area contributed by atoms with Gasteiger partial charge in [-0.2, -0.15) is 13.2 Å².